The lowest BCUT2D eigenvalue weighted by Gasteiger charge is -2.04. The molecule has 0 radical (unpaired) electrons. The Balaban J connectivity index is 3.01. The first kappa shape index (κ1) is 27.9. The van der Waals surface area contributed by atoms with Crippen LogP contribution >= 0.6 is 23.2 Å². The van der Waals surface area contributed by atoms with Gasteiger partial charge in [0.25, 0.3) is 0 Å². The predicted octanol–water partition coefficient (Wildman–Crippen LogP) is 9.10. The van der Waals surface area contributed by atoms with Gasteiger partial charge in [-0.05, 0) is 36.0 Å². The van der Waals surface area contributed by atoms with Crippen LogP contribution in [0.1, 0.15) is 141 Å². The van der Waals surface area contributed by atoms with Crippen LogP contribution in [-0.2, 0) is 9.59 Å². The summed E-state index contributed by atoms with van der Waals surface area (Å²) in [7, 11) is 0. The summed E-state index contributed by atoms with van der Waals surface area (Å²) in [5, 5.41) is -0.380. The van der Waals surface area contributed by atoms with Crippen molar-refractivity contribution >= 4 is 33.7 Å². The minimum Gasteiger partial charge on any atom is -0.281 e. The third-order valence-electron chi connectivity index (χ3n) is 5.50. The van der Waals surface area contributed by atoms with Crippen LogP contribution in [0.25, 0.3) is 0 Å². The van der Waals surface area contributed by atoms with Gasteiger partial charge in [-0.25, -0.2) is 0 Å². The van der Waals surface area contributed by atoms with Gasteiger partial charge < -0.3 is 0 Å². The molecule has 0 aliphatic heterocycles. The molecule has 0 fully saturated rings. The SMILES string of the molecule is O=C(Cl)CCCCCCCCCCCCCCCCCCCCCCC(=O)Cl. The van der Waals surface area contributed by atoms with E-state index in [1.165, 1.54) is 103 Å². The number of carbonyl (C=O) groups excluding carboxylic acids is 2. The molecule has 0 aromatic rings. The number of halogens is 2. The molecule has 0 aromatic carbocycles. The third-order valence-corrected chi connectivity index (χ3v) is 5.87. The molecule has 0 heterocycles. The summed E-state index contributed by atoms with van der Waals surface area (Å²) in [5.74, 6) is 0. The van der Waals surface area contributed by atoms with E-state index in [0.29, 0.717) is 12.8 Å². The van der Waals surface area contributed by atoms with Gasteiger partial charge >= 0.3 is 0 Å². The minimum absolute atomic E-state index is 0.190. The van der Waals surface area contributed by atoms with Gasteiger partial charge in [0.05, 0.1) is 0 Å². The Morgan fingerprint density at radius 3 is 0.607 bits per heavy atom. The molecule has 0 unspecified atom stereocenters. The summed E-state index contributed by atoms with van der Waals surface area (Å²) >= 11 is 10.7. The van der Waals surface area contributed by atoms with Crippen molar-refractivity contribution in [3.05, 3.63) is 0 Å². The zero-order chi connectivity index (χ0) is 20.7. The number of hydrogen-bond acceptors (Lipinski definition) is 2. The lowest BCUT2D eigenvalue weighted by molar-refractivity contribution is -0.112. The van der Waals surface area contributed by atoms with Crippen LogP contribution in [0.4, 0.5) is 0 Å². The standard InChI is InChI=1S/C24H44Cl2O2/c25-23(27)21-19-17-15-13-11-9-7-5-3-1-2-4-6-8-10-12-14-16-18-20-22-24(26)28/h1-22H2. The normalized spacial score (nSPS) is 11.1. The average molecular weight is 436 g/mol. The smallest absolute Gasteiger partial charge is 0.221 e. The molecule has 0 saturated heterocycles. The van der Waals surface area contributed by atoms with Gasteiger partial charge in [-0.15, -0.1) is 0 Å². The molecule has 0 N–H and O–H groups in total. The Morgan fingerprint density at radius 1 is 0.321 bits per heavy atom. The minimum atomic E-state index is -0.190. The van der Waals surface area contributed by atoms with E-state index in [9.17, 15) is 9.59 Å². The van der Waals surface area contributed by atoms with Gasteiger partial charge in [-0.2, -0.15) is 0 Å². The van der Waals surface area contributed by atoms with Crippen LogP contribution in [0.2, 0.25) is 0 Å². The van der Waals surface area contributed by atoms with E-state index in [-0.39, 0.29) is 10.5 Å². The fraction of sp³-hybridized carbons (Fsp3) is 0.917. The van der Waals surface area contributed by atoms with E-state index < -0.39 is 0 Å². The maximum absolute atomic E-state index is 10.6. The highest BCUT2D eigenvalue weighted by atomic mass is 35.5. The van der Waals surface area contributed by atoms with Crippen molar-refractivity contribution in [3.8, 4) is 0 Å². The van der Waals surface area contributed by atoms with Crippen molar-refractivity contribution in [1.29, 1.82) is 0 Å². The molecule has 0 rings (SSSR count). The summed E-state index contributed by atoms with van der Waals surface area (Å²) < 4.78 is 0. The summed E-state index contributed by atoms with van der Waals surface area (Å²) in [6.07, 6.45) is 27.1. The second-order valence-electron chi connectivity index (χ2n) is 8.28. The van der Waals surface area contributed by atoms with Gasteiger partial charge in [-0.1, -0.05) is 116 Å². The summed E-state index contributed by atoms with van der Waals surface area (Å²) in [6, 6.07) is 0. The van der Waals surface area contributed by atoms with Crippen molar-refractivity contribution in [2.24, 2.45) is 0 Å². The molecule has 166 valence electrons. The van der Waals surface area contributed by atoms with Gasteiger partial charge in [0, 0.05) is 12.8 Å². The Kier molecular flexibility index (Phi) is 23.1. The third kappa shape index (κ3) is 25.9. The van der Waals surface area contributed by atoms with E-state index in [1.807, 2.05) is 0 Å². The molecule has 0 aliphatic rings. The molecule has 0 atom stereocenters. The molecular weight excluding hydrogens is 391 g/mol. The quantitative estimate of drug-likeness (QED) is 0.118. The van der Waals surface area contributed by atoms with Crippen LogP contribution < -0.4 is 0 Å². The van der Waals surface area contributed by atoms with Crippen LogP contribution in [0.3, 0.4) is 0 Å². The van der Waals surface area contributed by atoms with E-state index in [0.717, 1.165) is 25.7 Å². The molecule has 0 amide bonds. The van der Waals surface area contributed by atoms with E-state index in [1.54, 1.807) is 0 Å². The summed E-state index contributed by atoms with van der Waals surface area (Å²) in [5.41, 5.74) is 0. The average Bonchev–Trinajstić information content (AvgIpc) is 2.65. The van der Waals surface area contributed by atoms with E-state index in [4.69, 9.17) is 23.2 Å². The topological polar surface area (TPSA) is 34.1 Å². The second kappa shape index (κ2) is 23.2. The van der Waals surface area contributed by atoms with E-state index in [2.05, 4.69) is 0 Å². The van der Waals surface area contributed by atoms with Crippen LogP contribution in [-0.4, -0.2) is 10.5 Å². The maximum atomic E-state index is 10.6. The molecular formula is C24H44Cl2O2. The number of rotatable bonds is 23. The number of unbranched alkanes of at least 4 members (excludes halogenated alkanes) is 19. The first-order chi connectivity index (χ1) is 13.6. The Morgan fingerprint density at radius 2 is 0.464 bits per heavy atom. The summed E-state index contributed by atoms with van der Waals surface area (Å²) in [6.45, 7) is 0. The monoisotopic (exact) mass is 434 g/mol. The molecule has 2 nitrogen and oxygen atoms in total. The number of carbonyl (C=O) groups is 2. The van der Waals surface area contributed by atoms with Crippen molar-refractivity contribution in [2.45, 2.75) is 141 Å². The van der Waals surface area contributed by atoms with E-state index >= 15 is 0 Å². The first-order valence-corrected chi connectivity index (χ1v) is 12.7. The zero-order valence-corrected chi connectivity index (χ0v) is 19.6. The lowest BCUT2D eigenvalue weighted by atomic mass is 10.0. The molecule has 0 aliphatic carbocycles. The Labute approximate surface area is 184 Å². The van der Waals surface area contributed by atoms with Crippen molar-refractivity contribution in [3.63, 3.8) is 0 Å². The van der Waals surface area contributed by atoms with Crippen LogP contribution in [0.5, 0.6) is 0 Å². The highest BCUT2D eigenvalue weighted by molar-refractivity contribution is 6.63. The van der Waals surface area contributed by atoms with Gasteiger partial charge in [-0.3, -0.25) is 9.59 Å². The van der Waals surface area contributed by atoms with Gasteiger partial charge in [0.2, 0.25) is 10.5 Å². The fourth-order valence-electron chi connectivity index (χ4n) is 3.71. The largest absolute Gasteiger partial charge is 0.281 e. The number of hydrogen-bond donors (Lipinski definition) is 0. The van der Waals surface area contributed by atoms with Crippen molar-refractivity contribution in [1.82, 2.24) is 0 Å². The molecule has 0 bridgehead atoms. The molecule has 0 spiro atoms. The van der Waals surface area contributed by atoms with Gasteiger partial charge in [0.15, 0.2) is 0 Å². The maximum Gasteiger partial charge on any atom is 0.221 e. The lowest BCUT2D eigenvalue weighted by Crippen LogP contribution is -1.87. The molecule has 4 heteroatoms. The van der Waals surface area contributed by atoms with Crippen molar-refractivity contribution in [2.75, 3.05) is 0 Å². The van der Waals surface area contributed by atoms with Crippen LogP contribution in [0, 0.1) is 0 Å². The first-order valence-electron chi connectivity index (χ1n) is 12.0. The molecule has 0 aromatic heterocycles. The van der Waals surface area contributed by atoms with Gasteiger partial charge in [0.1, 0.15) is 0 Å². The summed E-state index contributed by atoms with van der Waals surface area (Å²) in [4.78, 5) is 21.2. The second-order valence-corrected chi connectivity index (χ2v) is 9.12. The highest BCUT2D eigenvalue weighted by Gasteiger charge is 1.98. The zero-order valence-electron chi connectivity index (χ0n) is 18.1. The highest BCUT2D eigenvalue weighted by Crippen LogP contribution is 2.15. The Hall–Kier alpha value is -0.0800. The molecule has 28 heavy (non-hydrogen) atoms. The van der Waals surface area contributed by atoms with Crippen molar-refractivity contribution < 1.29 is 9.59 Å². The Bertz CT molecular complexity index is 325. The predicted molar refractivity (Wildman–Crippen MR) is 123 cm³/mol. The van der Waals surface area contributed by atoms with Crippen LogP contribution in [0.15, 0.2) is 0 Å². The fourth-order valence-corrected chi connectivity index (χ4v) is 3.98. The molecule has 0 saturated carbocycles.